The van der Waals surface area contributed by atoms with Gasteiger partial charge in [-0.2, -0.15) is 0 Å². The van der Waals surface area contributed by atoms with E-state index >= 15 is 0 Å². The van der Waals surface area contributed by atoms with Crippen molar-refractivity contribution >= 4 is 11.9 Å². The van der Waals surface area contributed by atoms with Crippen molar-refractivity contribution in [1.29, 1.82) is 0 Å². The van der Waals surface area contributed by atoms with E-state index in [9.17, 15) is 9.90 Å². The lowest BCUT2D eigenvalue weighted by atomic mass is 10.3. The topological polar surface area (TPSA) is 93.0 Å². The molecule has 10 heavy (non-hydrogen) atoms. The lowest BCUT2D eigenvalue weighted by Gasteiger charge is -2.07. The van der Waals surface area contributed by atoms with Crippen LogP contribution in [-0.2, 0) is 4.79 Å². The van der Waals surface area contributed by atoms with Crippen LogP contribution in [0.15, 0.2) is 4.99 Å². The van der Waals surface area contributed by atoms with Crippen LogP contribution in [0.3, 0.4) is 0 Å². The second-order valence-electron chi connectivity index (χ2n) is 1.68. The number of carboxylic acids is 1. The third-order valence-corrected chi connectivity index (χ3v) is 0.796. The summed E-state index contributed by atoms with van der Waals surface area (Å²) in [4.78, 5) is 13.2. The fourth-order valence-electron chi connectivity index (χ4n) is 0.394. The molecule has 5 nitrogen and oxygen atoms in total. The van der Waals surface area contributed by atoms with Crippen molar-refractivity contribution < 1.29 is 20.1 Å². The number of aliphatic carboxylic acids is 1. The molecule has 58 valence electrons. The van der Waals surface area contributed by atoms with Gasteiger partial charge in [0.25, 0.3) is 0 Å². The first-order chi connectivity index (χ1) is 4.57. The van der Waals surface area contributed by atoms with Gasteiger partial charge < -0.3 is 15.3 Å². The molecule has 0 aliphatic rings. The average Bonchev–Trinajstić information content (AvgIpc) is 1.81. The molecule has 0 aliphatic heterocycles. The second-order valence-corrected chi connectivity index (χ2v) is 1.68. The maximum atomic E-state index is 10.2. The van der Waals surface area contributed by atoms with Gasteiger partial charge in [-0.1, -0.05) is 0 Å². The Hall–Kier alpha value is -1.10. The standard InChI is InChI=1S/C5H9NO4/c1-3(8)6-4(2-7)5(9)10/h4,7H,2H2,1H3,(H,6,8)(H,9,10)/p-1/t4-/m1/s1. The fraction of sp³-hybridized carbons (Fsp3) is 0.600. The number of hydrogen-bond acceptors (Lipinski definition) is 4. The van der Waals surface area contributed by atoms with Gasteiger partial charge in [0.1, 0.15) is 0 Å². The van der Waals surface area contributed by atoms with Gasteiger partial charge >= 0.3 is 5.97 Å². The van der Waals surface area contributed by atoms with Crippen molar-refractivity contribution in [2.24, 2.45) is 4.99 Å². The molecule has 0 radical (unpaired) electrons. The van der Waals surface area contributed by atoms with Crippen molar-refractivity contribution in [2.75, 3.05) is 6.61 Å². The van der Waals surface area contributed by atoms with Gasteiger partial charge in [0.2, 0.25) is 0 Å². The van der Waals surface area contributed by atoms with Crippen molar-refractivity contribution in [2.45, 2.75) is 13.0 Å². The van der Waals surface area contributed by atoms with Crippen molar-refractivity contribution in [1.82, 2.24) is 0 Å². The normalized spacial score (nSPS) is 14.8. The highest BCUT2D eigenvalue weighted by molar-refractivity contribution is 5.78. The summed E-state index contributed by atoms with van der Waals surface area (Å²) in [5.41, 5.74) is 0. The highest BCUT2D eigenvalue weighted by atomic mass is 16.4. The molecule has 0 aliphatic carbocycles. The van der Waals surface area contributed by atoms with Crippen LogP contribution >= 0.6 is 0 Å². The molecule has 0 amide bonds. The molecule has 0 fully saturated rings. The zero-order valence-electron chi connectivity index (χ0n) is 5.44. The molecule has 0 aromatic heterocycles. The summed E-state index contributed by atoms with van der Waals surface area (Å²) < 4.78 is 0. The molecule has 0 saturated heterocycles. The van der Waals surface area contributed by atoms with E-state index in [4.69, 9.17) is 10.2 Å². The number of hydrogen-bond donors (Lipinski definition) is 2. The summed E-state index contributed by atoms with van der Waals surface area (Å²) in [6.07, 6.45) is 0. The summed E-state index contributed by atoms with van der Waals surface area (Å²) >= 11 is 0. The van der Waals surface area contributed by atoms with Gasteiger partial charge in [0.15, 0.2) is 6.04 Å². The van der Waals surface area contributed by atoms with Crippen LogP contribution in [0.2, 0.25) is 0 Å². The molecule has 0 rings (SSSR count). The molecule has 0 aromatic carbocycles. The zero-order chi connectivity index (χ0) is 8.15. The predicted octanol–water partition coefficient (Wildman–Crippen LogP) is -1.79. The molecule has 0 unspecified atom stereocenters. The molecule has 0 heterocycles. The Bertz CT molecular complexity index is 150. The highest BCUT2D eigenvalue weighted by Crippen LogP contribution is 1.88. The number of nitrogens with zero attached hydrogens (tertiary/aromatic N) is 1. The van der Waals surface area contributed by atoms with Gasteiger partial charge in [-0.15, -0.1) is 0 Å². The van der Waals surface area contributed by atoms with E-state index in [0.29, 0.717) is 0 Å². The molecule has 1 atom stereocenters. The van der Waals surface area contributed by atoms with Crippen LogP contribution in [0.5, 0.6) is 0 Å². The zero-order valence-corrected chi connectivity index (χ0v) is 5.44. The lowest BCUT2D eigenvalue weighted by molar-refractivity contribution is -0.216. The van der Waals surface area contributed by atoms with Crippen LogP contribution in [0, 0.1) is 0 Å². The molecule has 0 bridgehead atoms. The van der Waals surface area contributed by atoms with Gasteiger partial charge in [-0.05, 0) is 12.8 Å². The number of aliphatic imine (C=N–C) groups is 1. The highest BCUT2D eigenvalue weighted by Gasteiger charge is 2.12. The molecule has 0 saturated carbocycles. The fourth-order valence-corrected chi connectivity index (χ4v) is 0.394. The number of carboxylic acid groups (broad SMARTS) is 1. The van der Waals surface area contributed by atoms with Crippen molar-refractivity contribution in [3.05, 3.63) is 0 Å². The van der Waals surface area contributed by atoms with Gasteiger partial charge in [0, 0.05) is 0 Å². The first-order valence-electron chi connectivity index (χ1n) is 2.63. The minimum absolute atomic E-state index is 0.596. The van der Waals surface area contributed by atoms with E-state index in [2.05, 4.69) is 4.99 Å². The summed E-state index contributed by atoms with van der Waals surface area (Å²) in [7, 11) is 0. The minimum Gasteiger partial charge on any atom is -0.862 e. The summed E-state index contributed by atoms with van der Waals surface area (Å²) in [6.45, 7) is 0.487. The van der Waals surface area contributed by atoms with E-state index in [0.717, 1.165) is 6.92 Å². The number of rotatable bonds is 3. The number of aliphatic hydroxyl groups is 1. The SMILES string of the molecule is CC([O-])=N[C@H](CO)C(=O)O. The largest absolute Gasteiger partial charge is 0.862 e. The molecule has 0 spiro atoms. The summed E-state index contributed by atoms with van der Waals surface area (Å²) in [5, 5.41) is 26.7. The summed E-state index contributed by atoms with van der Waals surface area (Å²) in [5.74, 6) is -1.89. The van der Waals surface area contributed by atoms with Crippen molar-refractivity contribution in [3.63, 3.8) is 0 Å². The van der Waals surface area contributed by atoms with Crippen LogP contribution < -0.4 is 5.11 Å². The molecule has 2 N–H and O–H groups in total. The van der Waals surface area contributed by atoms with Crippen LogP contribution in [0.25, 0.3) is 0 Å². The Balaban J connectivity index is 4.09. The maximum Gasteiger partial charge on any atom is 0.330 e. The predicted molar refractivity (Wildman–Crippen MR) is 31.6 cm³/mol. The van der Waals surface area contributed by atoms with Crippen LogP contribution in [-0.4, -0.2) is 34.7 Å². The van der Waals surface area contributed by atoms with E-state index in [-0.39, 0.29) is 0 Å². The Morgan fingerprint density at radius 3 is 2.40 bits per heavy atom. The summed E-state index contributed by atoms with van der Waals surface area (Å²) in [6, 6.07) is -1.31. The molecule has 0 aromatic rings. The molecule has 5 heteroatoms. The van der Waals surface area contributed by atoms with Gasteiger partial charge in [-0.3, -0.25) is 4.99 Å². The number of carbonyl (C=O) groups is 1. The Morgan fingerprint density at radius 1 is 1.80 bits per heavy atom. The third-order valence-electron chi connectivity index (χ3n) is 0.796. The Kier molecular flexibility index (Phi) is 3.42. The minimum atomic E-state index is -1.31. The lowest BCUT2D eigenvalue weighted by Crippen LogP contribution is -2.26. The van der Waals surface area contributed by atoms with E-state index in [1.165, 1.54) is 0 Å². The first kappa shape index (κ1) is 8.90. The van der Waals surface area contributed by atoms with E-state index in [1.807, 2.05) is 0 Å². The van der Waals surface area contributed by atoms with Gasteiger partial charge in [0.05, 0.1) is 6.61 Å². The van der Waals surface area contributed by atoms with E-state index in [1.54, 1.807) is 0 Å². The second kappa shape index (κ2) is 3.84. The average molecular weight is 146 g/mol. The maximum absolute atomic E-state index is 10.2. The van der Waals surface area contributed by atoms with Crippen LogP contribution in [0.1, 0.15) is 6.92 Å². The first-order valence-corrected chi connectivity index (χ1v) is 2.63. The van der Waals surface area contributed by atoms with E-state index < -0.39 is 24.5 Å². The Labute approximate surface area is 57.6 Å². The van der Waals surface area contributed by atoms with Crippen LogP contribution in [0.4, 0.5) is 0 Å². The van der Waals surface area contributed by atoms with Crippen molar-refractivity contribution in [3.8, 4) is 0 Å². The third kappa shape index (κ3) is 3.03. The molecular weight excluding hydrogens is 138 g/mol. The quantitative estimate of drug-likeness (QED) is 0.363. The monoisotopic (exact) mass is 146 g/mol. The van der Waals surface area contributed by atoms with Gasteiger partial charge in [-0.25, -0.2) is 4.79 Å². The number of aliphatic hydroxyl groups excluding tert-OH is 1. The molecular formula is C5H8NO4-. The Morgan fingerprint density at radius 2 is 2.30 bits per heavy atom. The smallest absolute Gasteiger partial charge is 0.330 e.